The first kappa shape index (κ1) is 18.3. The Balaban J connectivity index is 1.70. The quantitative estimate of drug-likeness (QED) is 0.644. The zero-order valence-corrected chi connectivity index (χ0v) is 15.9. The molecule has 0 radical (unpaired) electrons. The maximum Gasteiger partial charge on any atom is 0.180 e. The molecule has 0 amide bonds. The summed E-state index contributed by atoms with van der Waals surface area (Å²) in [5, 5.41) is 7.92. The lowest BCUT2D eigenvalue weighted by Gasteiger charge is -2.40. The van der Waals surface area contributed by atoms with Crippen LogP contribution in [0, 0.1) is 5.41 Å². The van der Waals surface area contributed by atoms with Gasteiger partial charge in [-0.1, -0.05) is 11.6 Å². The number of nitrogens with zero attached hydrogens (tertiary/aromatic N) is 6. The van der Waals surface area contributed by atoms with E-state index in [9.17, 15) is 0 Å². The maximum absolute atomic E-state index is 7.56. The molecule has 4 heterocycles. The van der Waals surface area contributed by atoms with Gasteiger partial charge in [0.2, 0.25) is 0 Å². The average molecular weight is 399 g/mol. The Morgan fingerprint density at radius 3 is 3.00 bits per heavy atom. The minimum Gasteiger partial charge on any atom is -0.404 e. The zero-order chi connectivity index (χ0) is 19.7. The summed E-state index contributed by atoms with van der Waals surface area (Å²) in [6, 6.07) is 1.81. The van der Waals surface area contributed by atoms with Gasteiger partial charge in [-0.05, 0) is 13.0 Å². The number of nitrogens with one attached hydrogen (secondary N) is 1. The molecule has 0 aromatic carbocycles. The van der Waals surface area contributed by atoms with Crippen LogP contribution < -0.4 is 10.6 Å². The molecule has 4 rings (SSSR count). The number of aromatic nitrogens is 5. The van der Waals surface area contributed by atoms with E-state index in [1.165, 1.54) is 12.4 Å². The number of rotatable bonds is 4. The van der Waals surface area contributed by atoms with Crippen molar-refractivity contribution < 1.29 is 4.74 Å². The molecular weight excluding hydrogens is 380 g/mol. The van der Waals surface area contributed by atoms with E-state index in [0.717, 1.165) is 11.5 Å². The van der Waals surface area contributed by atoms with E-state index in [0.29, 0.717) is 35.3 Å². The highest BCUT2D eigenvalue weighted by atomic mass is 35.5. The molecule has 144 valence electrons. The minimum absolute atomic E-state index is 0.0475. The monoisotopic (exact) mass is 398 g/mol. The minimum atomic E-state index is -0.296. The number of morpholine rings is 1. The standard InChI is InChI=1S/C18H19ClN8O/c1-11-17(12(6-20)7-21)28-5-4-26(11)15-2-3-22-18(25-15)13-8-24-16-9-23-14(19)10-27(13)16/h2-3,6-11,17,20H,4-5,21H2,1H3/b12-7+,20-6?. The van der Waals surface area contributed by atoms with E-state index >= 15 is 0 Å². The van der Waals surface area contributed by atoms with Gasteiger partial charge >= 0.3 is 0 Å². The van der Waals surface area contributed by atoms with Crippen LogP contribution >= 0.6 is 11.6 Å². The van der Waals surface area contributed by atoms with Crippen molar-refractivity contribution in [2.45, 2.75) is 19.1 Å². The van der Waals surface area contributed by atoms with Crippen LogP contribution in [0.15, 0.2) is 42.6 Å². The smallest absolute Gasteiger partial charge is 0.180 e. The number of imidazole rings is 1. The van der Waals surface area contributed by atoms with Gasteiger partial charge in [-0.3, -0.25) is 4.40 Å². The van der Waals surface area contributed by atoms with Crippen LogP contribution in [-0.2, 0) is 4.74 Å². The van der Waals surface area contributed by atoms with Gasteiger partial charge in [-0.15, -0.1) is 0 Å². The second-order valence-electron chi connectivity index (χ2n) is 6.36. The summed E-state index contributed by atoms with van der Waals surface area (Å²) in [7, 11) is 0. The van der Waals surface area contributed by atoms with Crippen molar-refractivity contribution in [1.29, 1.82) is 5.41 Å². The number of hydrogen-bond acceptors (Lipinski definition) is 8. The maximum atomic E-state index is 7.56. The molecule has 0 bridgehead atoms. The van der Waals surface area contributed by atoms with Gasteiger partial charge < -0.3 is 20.8 Å². The summed E-state index contributed by atoms with van der Waals surface area (Å²) in [5.74, 6) is 1.30. The molecule has 9 nitrogen and oxygen atoms in total. The molecule has 3 aromatic heterocycles. The van der Waals surface area contributed by atoms with E-state index < -0.39 is 0 Å². The van der Waals surface area contributed by atoms with Gasteiger partial charge in [-0.2, -0.15) is 0 Å². The van der Waals surface area contributed by atoms with Crippen LogP contribution in [0.2, 0.25) is 5.15 Å². The molecule has 0 aliphatic carbocycles. The number of nitrogens with two attached hydrogens (primary N) is 1. The molecule has 0 saturated carbocycles. The number of ether oxygens (including phenoxy) is 1. The SMILES string of the molecule is CC1C(/C(C=N)=C/N)OCCN1c1ccnc(-c2cnc3cnc(Cl)cn23)n1. The Bertz CT molecular complexity index is 1050. The molecule has 10 heteroatoms. The molecule has 1 aliphatic rings. The van der Waals surface area contributed by atoms with Gasteiger partial charge in [0.05, 0.1) is 25.0 Å². The second kappa shape index (κ2) is 7.53. The van der Waals surface area contributed by atoms with Gasteiger partial charge in [0, 0.05) is 36.9 Å². The molecule has 1 saturated heterocycles. The highest BCUT2D eigenvalue weighted by Crippen LogP contribution is 2.26. The lowest BCUT2D eigenvalue weighted by molar-refractivity contribution is 0.0429. The first-order chi connectivity index (χ1) is 13.6. The van der Waals surface area contributed by atoms with Crippen molar-refractivity contribution in [2.24, 2.45) is 5.73 Å². The van der Waals surface area contributed by atoms with Gasteiger partial charge in [0.1, 0.15) is 22.8 Å². The van der Waals surface area contributed by atoms with E-state index in [1.54, 1.807) is 24.8 Å². The fourth-order valence-electron chi connectivity index (χ4n) is 3.37. The van der Waals surface area contributed by atoms with Crippen molar-refractivity contribution in [2.75, 3.05) is 18.1 Å². The average Bonchev–Trinajstić information content (AvgIpc) is 3.13. The molecule has 3 N–H and O–H groups in total. The number of halogens is 1. The Labute approximate surface area is 166 Å². The summed E-state index contributed by atoms with van der Waals surface area (Å²) >= 11 is 6.02. The molecule has 2 unspecified atom stereocenters. The summed E-state index contributed by atoms with van der Waals surface area (Å²) in [5.41, 5.74) is 7.67. The topological polar surface area (TPSA) is 118 Å². The molecular formula is C18H19ClN8O. The Morgan fingerprint density at radius 1 is 1.36 bits per heavy atom. The zero-order valence-electron chi connectivity index (χ0n) is 15.2. The van der Waals surface area contributed by atoms with Crippen LogP contribution in [0.4, 0.5) is 5.82 Å². The van der Waals surface area contributed by atoms with E-state index in [4.69, 9.17) is 32.5 Å². The highest BCUT2D eigenvalue weighted by Gasteiger charge is 2.31. The fourth-order valence-corrected chi connectivity index (χ4v) is 3.52. The van der Waals surface area contributed by atoms with Crippen LogP contribution in [-0.4, -0.2) is 55.8 Å². The molecule has 28 heavy (non-hydrogen) atoms. The van der Waals surface area contributed by atoms with Crippen molar-refractivity contribution in [3.05, 3.63) is 47.8 Å². The van der Waals surface area contributed by atoms with E-state index in [2.05, 4.69) is 19.9 Å². The first-order valence-electron chi connectivity index (χ1n) is 8.75. The predicted molar refractivity (Wildman–Crippen MR) is 107 cm³/mol. The van der Waals surface area contributed by atoms with Crippen LogP contribution in [0.25, 0.3) is 17.2 Å². The number of anilines is 1. The van der Waals surface area contributed by atoms with Gasteiger partial charge in [0.25, 0.3) is 0 Å². The number of fused-ring (bicyclic) bond motifs is 1. The van der Waals surface area contributed by atoms with E-state index in [-0.39, 0.29) is 12.1 Å². The fraction of sp³-hybridized carbons (Fsp3) is 0.278. The van der Waals surface area contributed by atoms with Crippen LogP contribution in [0.3, 0.4) is 0 Å². The van der Waals surface area contributed by atoms with Crippen LogP contribution in [0.5, 0.6) is 0 Å². The van der Waals surface area contributed by atoms with Gasteiger partial charge in [0.15, 0.2) is 11.5 Å². The molecule has 1 fully saturated rings. The third-order valence-corrected chi connectivity index (χ3v) is 4.97. The Kier molecular flexibility index (Phi) is 4.93. The van der Waals surface area contributed by atoms with Crippen LogP contribution in [0.1, 0.15) is 6.92 Å². The summed E-state index contributed by atoms with van der Waals surface area (Å²) in [6.45, 7) is 3.21. The normalized spacial score (nSPS) is 20.5. The van der Waals surface area contributed by atoms with Crippen molar-refractivity contribution in [3.8, 4) is 11.5 Å². The molecule has 0 spiro atoms. The second-order valence-corrected chi connectivity index (χ2v) is 6.74. The largest absolute Gasteiger partial charge is 0.404 e. The Hall–Kier alpha value is -3.04. The van der Waals surface area contributed by atoms with E-state index in [1.807, 2.05) is 17.4 Å². The Morgan fingerprint density at radius 2 is 2.21 bits per heavy atom. The van der Waals surface area contributed by atoms with Crippen molar-refractivity contribution >= 4 is 29.3 Å². The summed E-state index contributed by atoms with van der Waals surface area (Å²) < 4.78 is 7.65. The first-order valence-corrected chi connectivity index (χ1v) is 9.12. The van der Waals surface area contributed by atoms with Gasteiger partial charge in [-0.25, -0.2) is 19.9 Å². The summed E-state index contributed by atoms with van der Waals surface area (Å²) in [6.07, 6.45) is 9.05. The molecule has 1 aliphatic heterocycles. The predicted octanol–water partition coefficient (Wildman–Crippen LogP) is 1.93. The third-order valence-electron chi connectivity index (χ3n) is 4.78. The lowest BCUT2D eigenvalue weighted by Crippen LogP contribution is -2.51. The lowest BCUT2D eigenvalue weighted by atomic mass is 10.0. The molecule has 3 aromatic rings. The molecule has 2 atom stereocenters. The highest BCUT2D eigenvalue weighted by molar-refractivity contribution is 6.29. The van der Waals surface area contributed by atoms with Crippen molar-refractivity contribution in [1.82, 2.24) is 24.3 Å². The number of hydrogen-bond donors (Lipinski definition) is 2. The third kappa shape index (κ3) is 3.19. The van der Waals surface area contributed by atoms with Crippen molar-refractivity contribution in [3.63, 3.8) is 0 Å². The summed E-state index contributed by atoms with van der Waals surface area (Å²) in [4.78, 5) is 19.7.